The normalized spacial score (nSPS) is 22.6. The molecule has 0 spiro atoms. The van der Waals surface area contributed by atoms with Gasteiger partial charge in [0, 0.05) is 31.0 Å². The van der Waals surface area contributed by atoms with Crippen LogP contribution >= 0.6 is 0 Å². The lowest BCUT2D eigenvalue weighted by Crippen LogP contribution is -2.35. The number of H-pyrrole nitrogens is 1. The van der Waals surface area contributed by atoms with Crippen molar-refractivity contribution in [2.75, 3.05) is 31.3 Å². The van der Waals surface area contributed by atoms with Crippen molar-refractivity contribution in [3.63, 3.8) is 0 Å². The number of anilines is 1. The molecule has 148 valence electrons. The minimum Gasteiger partial charge on any atom is -0.491 e. The maximum Gasteiger partial charge on any atom is 0.142 e. The molecule has 1 aromatic heterocycles. The van der Waals surface area contributed by atoms with Gasteiger partial charge in [0.2, 0.25) is 0 Å². The van der Waals surface area contributed by atoms with Gasteiger partial charge in [0.1, 0.15) is 11.9 Å². The standard InChI is InChI=1S/C20H29N3O4/c1-15-16(12-21-22-15)13-23-9-8-18(24)19(25)14-26-10-4-5-11-27-20-7-3-2-6-17(20)23/h2-3,6-7,12,18-19,24-25H,4-5,8-11,13-14H2,1H3,(H,21,22)/t18-,19+/m0/s1. The van der Waals surface area contributed by atoms with Crippen LogP contribution in [0.3, 0.4) is 0 Å². The average molecular weight is 375 g/mol. The van der Waals surface area contributed by atoms with E-state index in [9.17, 15) is 10.2 Å². The molecule has 1 aliphatic rings. The smallest absolute Gasteiger partial charge is 0.142 e. The van der Waals surface area contributed by atoms with Gasteiger partial charge in [0.25, 0.3) is 0 Å². The van der Waals surface area contributed by atoms with Crippen molar-refractivity contribution < 1.29 is 19.7 Å². The third kappa shape index (κ3) is 5.45. The first-order chi connectivity index (χ1) is 13.1. The van der Waals surface area contributed by atoms with E-state index in [0.29, 0.717) is 32.7 Å². The summed E-state index contributed by atoms with van der Waals surface area (Å²) < 4.78 is 11.5. The minimum absolute atomic E-state index is 0.152. The number of benzene rings is 1. The number of nitrogens with zero attached hydrogens (tertiary/aromatic N) is 2. The Morgan fingerprint density at radius 3 is 2.81 bits per heavy atom. The van der Waals surface area contributed by atoms with Crippen LogP contribution in [0.1, 0.15) is 30.5 Å². The van der Waals surface area contributed by atoms with Gasteiger partial charge in [-0.2, -0.15) is 5.10 Å². The summed E-state index contributed by atoms with van der Waals surface area (Å²) in [6.45, 7) is 4.53. The molecule has 7 nitrogen and oxygen atoms in total. The molecular weight excluding hydrogens is 346 g/mol. The monoisotopic (exact) mass is 375 g/mol. The number of ether oxygens (including phenoxy) is 2. The van der Waals surface area contributed by atoms with Gasteiger partial charge >= 0.3 is 0 Å². The molecule has 0 saturated heterocycles. The number of aromatic amines is 1. The maximum atomic E-state index is 10.3. The Morgan fingerprint density at radius 1 is 1.19 bits per heavy atom. The van der Waals surface area contributed by atoms with E-state index in [4.69, 9.17) is 9.47 Å². The lowest BCUT2D eigenvalue weighted by Gasteiger charge is -2.29. The molecule has 1 aliphatic heterocycles. The highest BCUT2D eigenvalue weighted by Crippen LogP contribution is 2.30. The largest absolute Gasteiger partial charge is 0.491 e. The van der Waals surface area contributed by atoms with Gasteiger partial charge in [-0.05, 0) is 38.3 Å². The Morgan fingerprint density at radius 2 is 2.00 bits per heavy atom. The molecule has 2 atom stereocenters. The third-order valence-electron chi connectivity index (χ3n) is 4.87. The van der Waals surface area contributed by atoms with Gasteiger partial charge in [-0.1, -0.05) is 12.1 Å². The van der Waals surface area contributed by atoms with Crippen molar-refractivity contribution in [3.05, 3.63) is 41.7 Å². The minimum atomic E-state index is -0.878. The number of hydrogen-bond donors (Lipinski definition) is 3. The van der Waals surface area contributed by atoms with Crippen LogP contribution < -0.4 is 9.64 Å². The van der Waals surface area contributed by atoms with E-state index in [1.807, 2.05) is 37.4 Å². The van der Waals surface area contributed by atoms with Gasteiger partial charge in [-0.3, -0.25) is 5.10 Å². The van der Waals surface area contributed by atoms with E-state index in [-0.39, 0.29) is 6.61 Å². The summed E-state index contributed by atoms with van der Waals surface area (Å²) in [5.41, 5.74) is 3.08. The number of para-hydroxylation sites is 2. The Hall–Kier alpha value is -2.09. The van der Waals surface area contributed by atoms with Crippen LogP contribution in [0.5, 0.6) is 5.75 Å². The fourth-order valence-electron chi connectivity index (χ4n) is 3.15. The molecule has 1 aromatic carbocycles. The molecule has 3 N–H and O–H groups in total. The van der Waals surface area contributed by atoms with Crippen LogP contribution in [0.25, 0.3) is 0 Å². The highest BCUT2D eigenvalue weighted by Gasteiger charge is 2.21. The average Bonchev–Trinajstić information content (AvgIpc) is 3.08. The molecule has 0 saturated carbocycles. The molecular formula is C20H29N3O4. The van der Waals surface area contributed by atoms with Gasteiger partial charge < -0.3 is 24.6 Å². The van der Waals surface area contributed by atoms with Gasteiger partial charge in [-0.25, -0.2) is 0 Å². The summed E-state index contributed by atoms with van der Waals surface area (Å²) in [5.74, 6) is 0.826. The van der Waals surface area contributed by atoms with Crippen molar-refractivity contribution in [2.45, 2.75) is 44.9 Å². The zero-order valence-electron chi connectivity index (χ0n) is 15.8. The van der Waals surface area contributed by atoms with Gasteiger partial charge in [-0.15, -0.1) is 0 Å². The topological polar surface area (TPSA) is 90.8 Å². The highest BCUT2D eigenvalue weighted by molar-refractivity contribution is 5.58. The van der Waals surface area contributed by atoms with Crippen LogP contribution in [0, 0.1) is 6.92 Å². The summed E-state index contributed by atoms with van der Waals surface area (Å²) >= 11 is 0. The van der Waals surface area contributed by atoms with Crippen LogP contribution in [-0.2, 0) is 11.3 Å². The van der Waals surface area contributed by atoms with Gasteiger partial charge in [0.15, 0.2) is 0 Å². The fraction of sp³-hybridized carbons (Fsp3) is 0.550. The summed E-state index contributed by atoms with van der Waals surface area (Å²) in [7, 11) is 0. The van der Waals surface area contributed by atoms with E-state index in [1.165, 1.54) is 0 Å². The molecule has 2 aromatic rings. The number of hydrogen-bond acceptors (Lipinski definition) is 6. The fourth-order valence-corrected chi connectivity index (χ4v) is 3.15. The van der Waals surface area contributed by atoms with Crippen molar-refractivity contribution in [2.24, 2.45) is 0 Å². The second-order valence-electron chi connectivity index (χ2n) is 6.96. The first kappa shape index (κ1) is 19.7. The second kappa shape index (κ2) is 9.73. The third-order valence-corrected chi connectivity index (χ3v) is 4.87. The number of aryl methyl sites for hydroxylation is 1. The molecule has 27 heavy (non-hydrogen) atoms. The predicted molar refractivity (Wildman–Crippen MR) is 103 cm³/mol. The lowest BCUT2D eigenvalue weighted by atomic mass is 10.1. The Balaban J connectivity index is 1.84. The summed E-state index contributed by atoms with van der Waals surface area (Å²) in [5, 5.41) is 27.5. The molecule has 0 radical (unpaired) electrons. The van der Waals surface area contributed by atoms with Crippen molar-refractivity contribution in [1.82, 2.24) is 10.2 Å². The number of aliphatic hydroxyl groups is 2. The van der Waals surface area contributed by atoms with Crippen LogP contribution in [0.4, 0.5) is 5.69 Å². The molecule has 0 fully saturated rings. The van der Waals surface area contributed by atoms with Crippen molar-refractivity contribution in [3.8, 4) is 5.75 Å². The summed E-state index contributed by atoms with van der Waals surface area (Å²) in [6, 6.07) is 7.95. The van der Waals surface area contributed by atoms with Gasteiger partial charge in [0.05, 0.1) is 31.2 Å². The Bertz CT molecular complexity index is 706. The van der Waals surface area contributed by atoms with Crippen LogP contribution in [0.15, 0.2) is 30.5 Å². The Labute approximate surface area is 159 Å². The van der Waals surface area contributed by atoms with E-state index in [0.717, 1.165) is 35.5 Å². The maximum absolute atomic E-state index is 10.3. The zero-order chi connectivity index (χ0) is 19.1. The molecule has 7 heteroatoms. The van der Waals surface area contributed by atoms with E-state index < -0.39 is 12.2 Å². The van der Waals surface area contributed by atoms with Crippen LogP contribution in [-0.4, -0.2) is 59.0 Å². The van der Waals surface area contributed by atoms with Crippen molar-refractivity contribution >= 4 is 5.69 Å². The number of aromatic nitrogens is 2. The number of nitrogens with one attached hydrogen (secondary N) is 1. The van der Waals surface area contributed by atoms with E-state index >= 15 is 0 Å². The lowest BCUT2D eigenvalue weighted by molar-refractivity contribution is -0.0405. The quantitative estimate of drug-likeness (QED) is 0.744. The number of aliphatic hydroxyl groups excluding tert-OH is 2. The number of rotatable bonds is 2. The molecule has 0 amide bonds. The summed E-state index contributed by atoms with van der Waals surface area (Å²) in [6.07, 6.45) is 2.25. The second-order valence-corrected chi connectivity index (χ2v) is 6.96. The number of fused-ring (bicyclic) bond motifs is 1. The zero-order valence-corrected chi connectivity index (χ0v) is 15.8. The summed E-state index contributed by atoms with van der Waals surface area (Å²) in [4.78, 5) is 2.16. The van der Waals surface area contributed by atoms with E-state index in [1.54, 1.807) is 0 Å². The first-order valence-electron chi connectivity index (χ1n) is 9.54. The first-order valence-corrected chi connectivity index (χ1v) is 9.54. The predicted octanol–water partition coefficient (Wildman–Crippen LogP) is 2.03. The molecule has 3 rings (SSSR count). The molecule has 0 unspecified atom stereocenters. The molecule has 0 aliphatic carbocycles. The Kier molecular flexibility index (Phi) is 7.09. The highest BCUT2D eigenvalue weighted by atomic mass is 16.5. The van der Waals surface area contributed by atoms with E-state index in [2.05, 4.69) is 15.1 Å². The van der Waals surface area contributed by atoms with Crippen LogP contribution in [0.2, 0.25) is 0 Å². The molecule has 2 heterocycles. The van der Waals surface area contributed by atoms with Crippen molar-refractivity contribution in [1.29, 1.82) is 0 Å². The SMILES string of the molecule is Cc1[nH]ncc1CN1CC[C@H](O)[C@H](O)COCCCCOc2ccccc21. The molecule has 0 bridgehead atoms.